The second-order valence-corrected chi connectivity index (χ2v) is 7.30. The Morgan fingerprint density at radius 1 is 1.11 bits per heavy atom. The fourth-order valence-electron chi connectivity index (χ4n) is 3.36. The van der Waals surface area contributed by atoms with Gasteiger partial charge in [-0.25, -0.2) is 0 Å². The van der Waals surface area contributed by atoms with Crippen LogP contribution in [0.4, 0.5) is 0 Å². The van der Waals surface area contributed by atoms with Crippen molar-refractivity contribution in [2.75, 3.05) is 26.2 Å². The highest BCUT2D eigenvalue weighted by atomic mass is 16.5. The molecule has 3 aromatic rings. The number of aromatic nitrogens is 2. The van der Waals surface area contributed by atoms with Crippen LogP contribution in [-0.4, -0.2) is 52.0 Å². The summed E-state index contributed by atoms with van der Waals surface area (Å²) in [5.41, 5.74) is 0.741. The molecule has 1 atom stereocenters. The molecule has 1 aromatic carbocycles. The van der Waals surface area contributed by atoms with Crippen molar-refractivity contribution in [1.82, 2.24) is 19.9 Å². The van der Waals surface area contributed by atoms with Crippen LogP contribution in [0.25, 0.3) is 11.0 Å². The van der Waals surface area contributed by atoms with Gasteiger partial charge >= 0.3 is 0 Å². The first-order valence-corrected chi connectivity index (χ1v) is 9.38. The first kappa shape index (κ1) is 17.7. The van der Waals surface area contributed by atoms with E-state index in [-0.39, 0.29) is 17.9 Å². The average Bonchev–Trinajstić information content (AvgIpc) is 3.34. The number of hydrogen-bond donors (Lipinski definition) is 0. The van der Waals surface area contributed by atoms with Gasteiger partial charge in [0.15, 0.2) is 11.6 Å². The number of hydrogen-bond acceptors (Lipinski definition) is 6. The highest BCUT2D eigenvalue weighted by Crippen LogP contribution is 2.24. The normalized spacial score (nSPS) is 17.0. The molecule has 0 aliphatic carbocycles. The molecule has 0 bridgehead atoms. The first-order chi connectivity index (χ1) is 13.0. The van der Waals surface area contributed by atoms with Crippen LogP contribution in [-0.2, 0) is 0 Å². The third-order valence-corrected chi connectivity index (χ3v) is 5.12. The number of fused-ring (bicyclic) bond motifs is 1. The maximum atomic E-state index is 12.8. The van der Waals surface area contributed by atoms with Gasteiger partial charge in [-0.05, 0) is 19.1 Å². The van der Waals surface area contributed by atoms with E-state index in [2.05, 4.69) is 22.0 Å². The van der Waals surface area contributed by atoms with Gasteiger partial charge in [-0.2, -0.15) is 4.98 Å². The van der Waals surface area contributed by atoms with Crippen LogP contribution < -0.4 is 0 Å². The zero-order chi connectivity index (χ0) is 19.0. The van der Waals surface area contributed by atoms with Crippen LogP contribution >= 0.6 is 0 Å². The van der Waals surface area contributed by atoms with Gasteiger partial charge in [-0.1, -0.05) is 37.2 Å². The average molecular weight is 368 g/mol. The van der Waals surface area contributed by atoms with E-state index in [1.807, 2.05) is 49.1 Å². The Kier molecular flexibility index (Phi) is 4.70. The maximum absolute atomic E-state index is 12.8. The lowest BCUT2D eigenvalue weighted by atomic mass is 10.2. The number of piperazine rings is 1. The lowest BCUT2D eigenvalue weighted by molar-refractivity contribution is 0.0526. The molecule has 3 heterocycles. The Morgan fingerprint density at radius 3 is 2.52 bits per heavy atom. The second kappa shape index (κ2) is 7.15. The Hall–Kier alpha value is -2.67. The highest BCUT2D eigenvalue weighted by Gasteiger charge is 2.29. The zero-order valence-electron chi connectivity index (χ0n) is 15.9. The van der Waals surface area contributed by atoms with Gasteiger partial charge in [0.25, 0.3) is 5.91 Å². The maximum Gasteiger partial charge on any atom is 0.289 e. The molecule has 0 N–H and O–H groups in total. The summed E-state index contributed by atoms with van der Waals surface area (Å²) in [5.74, 6) is 1.95. The van der Waals surface area contributed by atoms with Gasteiger partial charge in [0.05, 0.1) is 6.04 Å². The molecule has 2 aromatic heterocycles. The minimum atomic E-state index is -0.0570. The molecule has 0 saturated carbocycles. The van der Waals surface area contributed by atoms with E-state index in [9.17, 15) is 4.79 Å². The number of amides is 1. The Labute approximate surface area is 157 Å². The molecule has 0 unspecified atom stereocenters. The van der Waals surface area contributed by atoms with Crippen LogP contribution in [0.2, 0.25) is 0 Å². The minimum absolute atomic E-state index is 0.0356. The zero-order valence-corrected chi connectivity index (χ0v) is 15.9. The number of benzene rings is 1. The third-order valence-electron chi connectivity index (χ3n) is 5.12. The van der Waals surface area contributed by atoms with Crippen molar-refractivity contribution in [2.45, 2.75) is 32.7 Å². The molecular weight excluding hydrogens is 344 g/mol. The van der Waals surface area contributed by atoms with Crippen LogP contribution in [0.1, 0.15) is 55.0 Å². The van der Waals surface area contributed by atoms with Crippen LogP contribution in [0.15, 0.2) is 39.3 Å². The Balaban J connectivity index is 1.39. The van der Waals surface area contributed by atoms with Crippen molar-refractivity contribution in [3.05, 3.63) is 47.8 Å². The number of furan rings is 1. The molecule has 0 spiro atoms. The van der Waals surface area contributed by atoms with Gasteiger partial charge < -0.3 is 13.8 Å². The quantitative estimate of drug-likeness (QED) is 0.702. The summed E-state index contributed by atoms with van der Waals surface area (Å²) in [6, 6.07) is 9.52. The summed E-state index contributed by atoms with van der Waals surface area (Å²) >= 11 is 0. The lowest BCUT2D eigenvalue weighted by Gasteiger charge is -2.36. The SMILES string of the molecule is CC(C)c1noc([C@@H](C)N2CCN(C(=O)c3cc4ccccc4o3)CC2)n1. The predicted molar refractivity (Wildman–Crippen MR) is 100 cm³/mol. The van der Waals surface area contributed by atoms with Crippen molar-refractivity contribution in [1.29, 1.82) is 0 Å². The summed E-state index contributed by atoms with van der Waals surface area (Å²) in [5, 5.41) is 4.99. The molecular formula is C20H24N4O3. The second-order valence-electron chi connectivity index (χ2n) is 7.30. The van der Waals surface area contributed by atoms with E-state index in [4.69, 9.17) is 8.94 Å². The van der Waals surface area contributed by atoms with E-state index in [0.29, 0.717) is 24.7 Å². The first-order valence-electron chi connectivity index (χ1n) is 9.38. The summed E-state index contributed by atoms with van der Waals surface area (Å²) < 4.78 is 11.1. The van der Waals surface area contributed by atoms with Crippen LogP contribution in [0.5, 0.6) is 0 Å². The molecule has 0 radical (unpaired) electrons. The van der Waals surface area contributed by atoms with Crippen molar-refractivity contribution in [2.24, 2.45) is 0 Å². The van der Waals surface area contributed by atoms with E-state index in [0.717, 1.165) is 29.9 Å². The molecule has 142 valence electrons. The number of carbonyl (C=O) groups excluding carboxylic acids is 1. The molecule has 1 aliphatic rings. The van der Waals surface area contributed by atoms with E-state index in [1.165, 1.54) is 0 Å². The van der Waals surface area contributed by atoms with Gasteiger partial charge in [0.1, 0.15) is 5.58 Å². The molecule has 7 heteroatoms. The predicted octanol–water partition coefficient (Wildman–Crippen LogP) is 3.46. The molecule has 1 fully saturated rings. The Morgan fingerprint density at radius 2 is 1.85 bits per heavy atom. The van der Waals surface area contributed by atoms with Crippen molar-refractivity contribution in [3.8, 4) is 0 Å². The van der Waals surface area contributed by atoms with Crippen LogP contribution in [0, 0.1) is 0 Å². The molecule has 1 aliphatic heterocycles. The minimum Gasteiger partial charge on any atom is -0.451 e. The summed E-state index contributed by atoms with van der Waals surface area (Å²) in [4.78, 5) is 21.4. The van der Waals surface area contributed by atoms with Crippen molar-refractivity contribution in [3.63, 3.8) is 0 Å². The largest absolute Gasteiger partial charge is 0.451 e. The van der Waals surface area contributed by atoms with Gasteiger partial charge in [0, 0.05) is 37.5 Å². The van der Waals surface area contributed by atoms with Gasteiger partial charge in [0.2, 0.25) is 5.89 Å². The number of para-hydroxylation sites is 1. The molecule has 4 rings (SSSR count). The summed E-state index contributed by atoms with van der Waals surface area (Å²) in [6.07, 6.45) is 0. The Bertz CT molecular complexity index is 905. The smallest absolute Gasteiger partial charge is 0.289 e. The molecule has 1 saturated heterocycles. The topological polar surface area (TPSA) is 75.6 Å². The van der Waals surface area contributed by atoms with Gasteiger partial charge in [-0.15, -0.1) is 0 Å². The fourth-order valence-corrected chi connectivity index (χ4v) is 3.36. The fraction of sp³-hybridized carbons (Fsp3) is 0.450. The molecule has 27 heavy (non-hydrogen) atoms. The van der Waals surface area contributed by atoms with E-state index >= 15 is 0 Å². The van der Waals surface area contributed by atoms with Crippen molar-refractivity contribution < 1.29 is 13.7 Å². The monoisotopic (exact) mass is 368 g/mol. The van der Waals surface area contributed by atoms with Crippen LogP contribution in [0.3, 0.4) is 0 Å². The van der Waals surface area contributed by atoms with E-state index < -0.39 is 0 Å². The standard InChI is InChI=1S/C20H24N4O3/c1-13(2)18-21-19(27-22-18)14(3)23-8-10-24(11-9-23)20(25)17-12-15-6-4-5-7-16(15)26-17/h4-7,12-14H,8-11H2,1-3H3/t14-/m1/s1. The van der Waals surface area contributed by atoms with Crippen molar-refractivity contribution >= 4 is 16.9 Å². The summed E-state index contributed by atoms with van der Waals surface area (Å²) in [7, 11) is 0. The highest BCUT2D eigenvalue weighted by molar-refractivity contribution is 5.96. The lowest BCUT2D eigenvalue weighted by Crippen LogP contribution is -2.49. The molecule has 7 nitrogen and oxygen atoms in total. The van der Waals surface area contributed by atoms with Gasteiger partial charge in [-0.3, -0.25) is 9.69 Å². The number of carbonyl (C=O) groups is 1. The third kappa shape index (κ3) is 3.47. The number of nitrogens with zero attached hydrogens (tertiary/aromatic N) is 4. The number of rotatable bonds is 4. The summed E-state index contributed by atoms with van der Waals surface area (Å²) in [6.45, 7) is 8.95. The molecule has 1 amide bonds. The van der Waals surface area contributed by atoms with E-state index in [1.54, 1.807) is 0 Å².